The molecule has 2 aromatic carbocycles. The van der Waals surface area contributed by atoms with E-state index in [9.17, 15) is 9.59 Å². The molecule has 11 nitrogen and oxygen atoms in total. The van der Waals surface area contributed by atoms with Crippen LogP contribution < -0.4 is 36.9 Å². The number of hydrogen-bond donors (Lipinski definition) is 5. The predicted molar refractivity (Wildman–Crippen MR) is 165 cm³/mol. The van der Waals surface area contributed by atoms with Crippen LogP contribution in [-0.4, -0.2) is 84.6 Å². The molecule has 232 valence electrons. The molecule has 42 heavy (non-hydrogen) atoms. The number of Topliss-reactive ketones (excluding diaryl/α,β-unsaturated/α-hetero) is 1. The summed E-state index contributed by atoms with van der Waals surface area (Å²) in [5.74, 6) is 0.817. The van der Waals surface area contributed by atoms with Gasteiger partial charge >= 0.3 is 0 Å². The van der Waals surface area contributed by atoms with Crippen molar-refractivity contribution >= 4 is 46.3 Å². The first-order valence-electron chi connectivity index (χ1n) is 13.7. The van der Waals surface area contributed by atoms with E-state index in [1.807, 2.05) is 0 Å². The number of benzene rings is 2. The van der Waals surface area contributed by atoms with E-state index in [1.165, 1.54) is 20.3 Å². The average molecular weight is 627 g/mol. The third-order valence-corrected chi connectivity index (χ3v) is 8.20. The Kier molecular flexibility index (Phi) is 13.0. The van der Waals surface area contributed by atoms with Crippen molar-refractivity contribution in [1.82, 2.24) is 16.0 Å². The first kappa shape index (κ1) is 33.7. The number of ether oxygens (including phenoxy) is 4. The number of ketones is 1. The van der Waals surface area contributed by atoms with Crippen LogP contribution in [0.15, 0.2) is 24.3 Å². The number of hydrogen-bond acceptors (Lipinski definition) is 10. The topological polar surface area (TPSA) is 159 Å². The summed E-state index contributed by atoms with van der Waals surface area (Å²) in [6.07, 6.45) is 2.12. The highest BCUT2D eigenvalue weighted by molar-refractivity contribution is 6.34. The zero-order chi connectivity index (χ0) is 30.8. The van der Waals surface area contributed by atoms with E-state index in [0.29, 0.717) is 57.0 Å². The van der Waals surface area contributed by atoms with Gasteiger partial charge in [-0.15, -0.1) is 0 Å². The fourth-order valence-corrected chi connectivity index (χ4v) is 5.43. The van der Waals surface area contributed by atoms with Crippen molar-refractivity contribution in [2.45, 2.75) is 37.5 Å². The predicted octanol–water partition coefficient (Wildman–Crippen LogP) is 3.17. The normalized spacial score (nSPS) is 22.0. The van der Waals surface area contributed by atoms with Crippen LogP contribution in [0.25, 0.3) is 0 Å². The zero-order valence-electron chi connectivity index (χ0n) is 24.4. The molecule has 2 saturated heterocycles. The highest BCUT2D eigenvalue weighted by Crippen LogP contribution is 2.32. The van der Waals surface area contributed by atoms with E-state index in [-0.39, 0.29) is 35.9 Å². The van der Waals surface area contributed by atoms with E-state index in [1.54, 1.807) is 32.4 Å². The van der Waals surface area contributed by atoms with Crippen LogP contribution in [0.5, 0.6) is 11.5 Å². The molecule has 4 rings (SSSR count). The van der Waals surface area contributed by atoms with Crippen LogP contribution in [0.2, 0.25) is 10.0 Å². The summed E-state index contributed by atoms with van der Waals surface area (Å²) in [5, 5.41) is 10.2. The largest absolute Gasteiger partial charge is 0.496 e. The number of piperidine rings is 2. The van der Waals surface area contributed by atoms with Gasteiger partial charge in [0.05, 0.1) is 65.0 Å². The maximum absolute atomic E-state index is 12.6. The van der Waals surface area contributed by atoms with Gasteiger partial charge in [0.2, 0.25) is 0 Å². The van der Waals surface area contributed by atoms with Crippen molar-refractivity contribution in [3.8, 4) is 11.5 Å². The van der Waals surface area contributed by atoms with Crippen LogP contribution >= 0.6 is 23.2 Å². The lowest BCUT2D eigenvalue weighted by Crippen LogP contribution is -2.53. The standard InChI is InChI=1S/C15H21ClN2O3.C14H20ClN3O3/c1-20-14-7-12(17)11(16)6-10(14)13(19)5-9-3-4-18-8-15(9)21-2;1-20-12-6-10(16)9(15)5-8(12)14(19)18-11-3-4-17-7-13(11)21-2/h6-7,9,15,18H,3-5,8,17H2,1-2H3;5-6,11,13,17H,3-4,7,16H2,1-2H3,(H,18,19)/t9-,15-;11-,13+/m00/s1. The summed E-state index contributed by atoms with van der Waals surface area (Å²) < 4.78 is 21.3. The molecule has 0 radical (unpaired) electrons. The number of nitrogens with one attached hydrogen (secondary N) is 3. The number of methoxy groups -OCH3 is 4. The fraction of sp³-hybridized carbons (Fsp3) is 0.517. The number of carbonyl (C=O) groups is 2. The SMILES string of the molecule is COc1cc(N)c(Cl)cc1C(=O)C[C@@H]1CCNC[C@@H]1OC.COc1cc(N)c(Cl)cc1C(=O)N[C@H]1CCNC[C@H]1OC. The summed E-state index contributed by atoms with van der Waals surface area (Å²) in [6.45, 7) is 3.22. The van der Waals surface area contributed by atoms with Gasteiger partial charge in [-0.1, -0.05) is 23.2 Å². The van der Waals surface area contributed by atoms with Gasteiger partial charge in [-0.05, 0) is 44.0 Å². The van der Waals surface area contributed by atoms with Crippen molar-refractivity contribution in [1.29, 1.82) is 0 Å². The third kappa shape index (κ3) is 8.62. The molecular weight excluding hydrogens is 585 g/mol. The zero-order valence-corrected chi connectivity index (χ0v) is 25.9. The Bertz CT molecular complexity index is 1140. The average Bonchev–Trinajstić information content (AvgIpc) is 3.00. The summed E-state index contributed by atoms with van der Waals surface area (Å²) in [4.78, 5) is 25.0. The molecule has 13 heteroatoms. The van der Waals surface area contributed by atoms with Crippen LogP contribution in [0.3, 0.4) is 0 Å². The van der Waals surface area contributed by atoms with Gasteiger partial charge in [0.25, 0.3) is 5.91 Å². The van der Waals surface area contributed by atoms with E-state index in [0.717, 1.165) is 32.5 Å². The lowest BCUT2D eigenvalue weighted by molar-refractivity contribution is 0.0300. The van der Waals surface area contributed by atoms with Gasteiger partial charge in [-0.3, -0.25) is 9.59 Å². The molecule has 2 aliphatic rings. The number of anilines is 2. The van der Waals surface area contributed by atoms with E-state index < -0.39 is 0 Å². The number of nitrogens with two attached hydrogens (primary N) is 2. The minimum Gasteiger partial charge on any atom is -0.496 e. The molecular formula is C29H41Cl2N5O6. The monoisotopic (exact) mass is 625 g/mol. The highest BCUT2D eigenvalue weighted by Gasteiger charge is 2.29. The van der Waals surface area contributed by atoms with Crippen molar-refractivity contribution in [2.75, 3.05) is 66.1 Å². The number of nitrogen functional groups attached to an aromatic ring is 2. The van der Waals surface area contributed by atoms with Gasteiger partial charge in [0.15, 0.2) is 5.78 Å². The Balaban J connectivity index is 0.000000230. The Morgan fingerprint density at radius 2 is 1.36 bits per heavy atom. The van der Waals surface area contributed by atoms with Crippen molar-refractivity contribution in [3.05, 3.63) is 45.4 Å². The molecule has 0 aromatic heterocycles. The first-order chi connectivity index (χ1) is 20.1. The Morgan fingerprint density at radius 3 is 1.93 bits per heavy atom. The number of carbonyl (C=O) groups excluding carboxylic acids is 2. The molecule has 4 atom stereocenters. The molecule has 2 aromatic rings. The van der Waals surface area contributed by atoms with Gasteiger partial charge in [0, 0.05) is 45.9 Å². The van der Waals surface area contributed by atoms with Gasteiger partial charge in [0.1, 0.15) is 11.5 Å². The molecule has 1 amide bonds. The van der Waals surface area contributed by atoms with Crippen molar-refractivity contribution < 1.29 is 28.5 Å². The molecule has 2 aliphatic heterocycles. The summed E-state index contributed by atoms with van der Waals surface area (Å²) in [7, 11) is 6.32. The van der Waals surface area contributed by atoms with Gasteiger partial charge < -0.3 is 46.4 Å². The van der Waals surface area contributed by atoms with Crippen LogP contribution in [0.1, 0.15) is 40.0 Å². The van der Waals surface area contributed by atoms with Crippen molar-refractivity contribution in [3.63, 3.8) is 0 Å². The van der Waals surface area contributed by atoms with E-state index >= 15 is 0 Å². The Labute approximate surface area is 256 Å². The second-order valence-corrected chi connectivity index (χ2v) is 11.0. The lowest BCUT2D eigenvalue weighted by Gasteiger charge is -2.31. The third-order valence-electron chi connectivity index (χ3n) is 7.54. The maximum Gasteiger partial charge on any atom is 0.255 e. The fourth-order valence-electron chi connectivity index (χ4n) is 5.10. The van der Waals surface area contributed by atoms with Gasteiger partial charge in [-0.25, -0.2) is 0 Å². The highest BCUT2D eigenvalue weighted by atomic mass is 35.5. The molecule has 7 N–H and O–H groups in total. The van der Waals surface area contributed by atoms with Crippen LogP contribution in [-0.2, 0) is 9.47 Å². The summed E-state index contributed by atoms with van der Waals surface area (Å²) in [6, 6.07) is 6.19. The molecule has 0 spiro atoms. The molecule has 0 bridgehead atoms. The molecule has 0 unspecified atom stereocenters. The number of rotatable bonds is 9. The van der Waals surface area contributed by atoms with E-state index in [2.05, 4.69) is 16.0 Å². The summed E-state index contributed by atoms with van der Waals surface area (Å²) in [5.41, 5.74) is 13.1. The molecule has 2 heterocycles. The second-order valence-electron chi connectivity index (χ2n) is 10.1. The van der Waals surface area contributed by atoms with Crippen molar-refractivity contribution in [2.24, 2.45) is 5.92 Å². The van der Waals surface area contributed by atoms with Crippen LogP contribution in [0, 0.1) is 5.92 Å². The molecule has 0 aliphatic carbocycles. The molecule has 2 fully saturated rings. The second kappa shape index (κ2) is 16.2. The minimum absolute atomic E-state index is 0.00250. The number of halogens is 2. The minimum atomic E-state index is -0.247. The molecule has 0 saturated carbocycles. The number of amides is 1. The Morgan fingerprint density at radius 1 is 0.833 bits per heavy atom. The van der Waals surface area contributed by atoms with Gasteiger partial charge in [-0.2, -0.15) is 0 Å². The Hall–Kier alpha value is -2.80. The quantitative estimate of drug-likeness (QED) is 0.207. The lowest BCUT2D eigenvalue weighted by atomic mass is 9.88. The maximum atomic E-state index is 12.6. The first-order valence-corrected chi connectivity index (χ1v) is 14.5. The smallest absolute Gasteiger partial charge is 0.255 e. The van der Waals surface area contributed by atoms with Crippen LogP contribution in [0.4, 0.5) is 11.4 Å². The summed E-state index contributed by atoms with van der Waals surface area (Å²) >= 11 is 12.0. The van der Waals surface area contributed by atoms with E-state index in [4.69, 9.17) is 53.6 Å².